The van der Waals surface area contributed by atoms with Gasteiger partial charge < -0.3 is 30.9 Å². The molecule has 5 N–H and O–H groups in total. The van der Waals surface area contributed by atoms with E-state index in [1.165, 1.54) is 0 Å². The van der Waals surface area contributed by atoms with E-state index in [2.05, 4.69) is 25.9 Å². The molecule has 1 aliphatic heterocycles. The van der Waals surface area contributed by atoms with E-state index in [9.17, 15) is 28.2 Å². The van der Waals surface area contributed by atoms with E-state index in [4.69, 9.17) is 4.74 Å². The van der Waals surface area contributed by atoms with E-state index in [-0.39, 0.29) is 36.3 Å². The Morgan fingerprint density at radius 2 is 1.71 bits per heavy atom. The van der Waals surface area contributed by atoms with E-state index in [1.54, 1.807) is 0 Å². The first kappa shape index (κ1) is 26.1. The van der Waals surface area contributed by atoms with Gasteiger partial charge in [-0.3, -0.25) is 9.78 Å². The number of aliphatic hydroxyl groups is 2. The van der Waals surface area contributed by atoms with Crippen molar-refractivity contribution in [3.8, 4) is 0 Å². The molecule has 35 heavy (non-hydrogen) atoms. The molecule has 0 bridgehead atoms. The maximum absolute atomic E-state index is 12.8. The lowest BCUT2D eigenvalue weighted by atomic mass is 9.90. The average Bonchev–Trinajstić information content (AvgIpc) is 3.38. The van der Waals surface area contributed by atoms with Crippen LogP contribution in [0.5, 0.6) is 0 Å². The largest absolute Gasteiger partial charge is 0.434 e. The molecule has 1 aromatic heterocycles. The molecule has 1 amide bonds. The van der Waals surface area contributed by atoms with Gasteiger partial charge in [0.2, 0.25) is 5.91 Å². The molecule has 0 unspecified atom stereocenters. The zero-order valence-electron chi connectivity index (χ0n) is 19.5. The Bertz CT molecular complexity index is 847. The quantitative estimate of drug-likeness (QED) is 0.381. The fraction of sp³-hybridized carbons (Fsp3) is 0.783. The number of hydrogen-bond acceptors (Lipinski definition) is 8. The van der Waals surface area contributed by atoms with Crippen LogP contribution < -0.4 is 16.0 Å². The summed E-state index contributed by atoms with van der Waals surface area (Å²) in [4.78, 5) is 19.3. The van der Waals surface area contributed by atoms with Crippen molar-refractivity contribution in [1.29, 1.82) is 0 Å². The monoisotopic (exact) mass is 501 g/mol. The minimum atomic E-state index is -4.64. The Labute approximate surface area is 202 Å². The second-order valence-electron chi connectivity index (χ2n) is 9.84. The molecule has 1 saturated heterocycles. The van der Waals surface area contributed by atoms with Gasteiger partial charge >= 0.3 is 6.18 Å². The van der Waals surface area contributed by atoms with Crippen LogP contribution in [0.3, 0.4) is 0 Å². The van der Waals surface area contributed by atoms with Crippen molar-refractivity contribution >= 4 is 11.7 Å². The molecule has 0 aromatic carbocycles. The van der Waals surface area contributed by atoms with Crippen LogP contribution in [0.1, 0.15) is 57.1 Å². The van der Waals surface area contributed by atoms with Gasteiger partial charge in [0, 0.05) is 24.5 Å². The highest BCUT2D eigenvalue weighted by atomic mass is 19.4. The predicted molar refractivity (Wildman–Crippen MR) is 120 cm³/mol. The van der Waals surface area contributed by atoms with Crippen molar-refractivity contribution in [1.82, 2.24) is 20.6 Å². The summed E-state index contributed by atoms with van der Waals surface area (Å²) in [7, 11) is 0. The summed E-state index contributed by atoms with van der Waals surface area (Å²) in [5, 5.41) is 30.3. The minimum Gasteiger partial charge on any atom is -0.388 e. The first-order chi connectivity index (χ1) is 16.7. The molecule has 3 fully saturated rings. The molecule has 0 spiro atoms. The number of aliphatic hydroxyl groups excluding tert-OH is 2. The number of hydrogen-bond donors (Lipinski definition) is 5. The van der Waals surface area contributed by atoms with Gasteiger partial charge in [-0.05, 0) is 38.5 Å². The van der Waals surface area contributed by atoms with E-state index in [0.717, 1.165) is 57.6 Å². The van der Waals surface area contributed by atoms with Gasteiger partial charge in [0.05, 0.1) is 31.1 Å². The molecular formula is C23H34F3N5O4. The van der Waals surface area contributed by atoms with Gasteiger partial charge in [-0.25, -0.2) is 4.98 Å². The smallest absolute Gasteiger partial charge is 0.388 e. The summed E-state index contributed by atoms with van der Waals surface area (Å²) in [5.41, 5.74) is -1.15. The molecule has 2 heterocycles. The Balaban J connectivity index is 1.19. The number of rotatable bonds is 7. The van der Waals surface area contributed by atoms with Crippen molar-refractivity contribution in [2.75, 3.05) is 18.5 Å². The van der Waals surface area contributed by atoms with Crippen LogP contribution in [0.25, 0.3) is 0 Å². The normalized spacial score (nSPS) is 32.4. The molecular weight excluding hydrogens is 467 g/mol. The Kier molecular flexibility index (Phi) is 8.46. The topological polar surface area (TPSA) is 129 Å². The maximum atomic E-state index is 12.8. The Morgan fingerprint density at radius 1 is 1.03 bits per heavy atom. The highest BCUT2D eigenvalue weighted by molar-refractivity contribution is 5.79. The third-order valence-corrected chi connectivity index (χ3v) is 7.30. The van der Waals surface area contributed by atoms with Crippen molar-refractivity contribution in [3.63, 3.8) is 0 Å². The van der Waals surface area contributed by atoms with E-state index in [1.807, 2.05) is 0 Å². The van der Waals surface area contributed by atoms with E-state index >= 15 is 0 Å². The van der Waals surface area contributed by atoms with Crippen LogP contribution in [0.15, 0.2) is 12.4 Å². The summed E-state index contributed by atoms with van der Waals surface area (Å²) in [6, 6.07) is -0.415. The fourth-order valence-electron chi connectivity index (χ4n) is 5.18. The van der Waals surface area contributed by atoms with Crippen molar-refractivity contribution < 1.29 is 32.9 Å². The molecule has 12 heteroatoms. The van der Waals surface area contributed by atoms with Crippen molar-refractivity contribution in [2.45, 2.75) is 94.0 Å². The van der Waals surface area contributed by atoms with E-state index < -0.39 is 36.2 Å². The highest BCUT2D eigenvalue weighted by Gasteiger charge is 2.39. The molecule has 196 valence electrons. The molecule has 4 rings (SSSR count). The molecule has 1 aromatic rings. The number of ether oxygens (including phenoxy) is 1. The second kappa shape index (κ2) is 11.4. The lowest BCUT2D eigenvalue weighted by Crippen LogP contribution is -2.58. The number of amides is 1. The number of anilines is 1. The number of carbonyl (C=O) groups is 1. The van der Waals surface area contributed by atoms with Gasteiger partial charge in [-0.1, -0.05) is 12.8 Å². The van der Waals surface area contributed by atoms with Gasteiger partial charge in [0.15, 0.2) is 5.69 Å². The first-order valence-corrected chi connectivity index (χ1v) is 12.4. The summed E-state index contributed by atoms with van der Waals surface area (Å²) >= 11 is 0. The van der Waals surface area contributed by atoms with Crippen LogP contribution >= 0.6 is 0 Å². The van der Waals surface area contributed by atoms with E-state index in [0.29, 0.717) is 12.7 Å². The van der Waals surface area contributed by atoms with Crippen LogP contribution in [0.4, 0.5) is 19.0 Å². The number of alkyl halides is 3. The number of nitrogens with zero attached hydrogens (tertiary/aromatic N) is 2. The highest BCUT2D eigenvalue weighted by Crippen LogP contribution is 2.28. The third kappa shape index (κ3) is 6.81. The summed E-state index contributed by atoms with van der Waals surface area (Å²) in [6.07, 6.45) is 1.75. The molecule has 2 aliphatic carbocycles. The molecule has 0 radical (unpaired) electrons. The number of nitrogens with one attached hydrogen (secondary N) is 3. The zero-order chi connectivity index (χ0) is 25.0. The fourth-order valence-corrected chi connectivity index (χ4v) is 5.18. The molecule has 4 atom stereocenters. The molecule has 9 nitrogen and oxygen atoms in total. The van der Waals surface area contributed by atoms with Gasteiger partial charge in [-0.2, -0.15) is 13.2 Å². The van der Waals surface area contributed by atoms with Crippen LogP contribution in [0, 0.1) is 5.92 Å². The Morgan fingerprint density at radius 3 is 2.40 bits per heavy atom. The van der Waals surface area contributed by atoms with Gasteiger partial charge in [-0.15, -0.1) is 0 Å². The predicted octanol–water partition coefficient (Wildman–Crippen LogP) is 1.60. The maximum Gasteiger partial charge on any atom is 0.434 e. The van der Waals surface area contributed by atoms with Crippen LogP contribution in [0.2, 0.25) is 0 Å². The minimum absolute atomic E-state index is 0.0115. The standard InChI is InChI=1S/C23H34F3N5O4/c24-23(25,26)18-10-27-11-19(31-18)30-16-12-35-17(21(33)20(16)32)9-28-14-5-7-15(8-6-14)29-22(34)13-3-1-2-4-13/h10-11,13-17,20-21,28,32-33H,1-9,12H2,(H,29,34)(H,30,31)/t14?,15?,16-,17+,20+,21-/m0/s1. The summed E-state index contributed by atoms with van der Waals surface area (Å²) in [6.45, 7) is 0.320. The summed E-state index contributed by atoms with van der Waals surface area (Å²) < 4.78 is 44.2. The lowest BCUT2D eigenvalue weighted by molar-refractivity contribution is -0.141. The van der Waals surface area contributed by atoms with Crippen LogP contribution in [-0.2, 0) is 15.7 Å². The number of aromatic nitrogens is 2. The number of carbonyl (C=O) groups excluding carboxylic acids is 1. The van der Waals surface area contributed by atoms with Gasteiger partial charge in [0.25, 0.3) is 0 Å². The van der Waals surface area contributed by atoms with Crippen molar-refractivity contribution in [3.05, 3.63) is 18.1 Å². The Hall–Kier alpha value is -2.02. The third-order valence-electron chi connectivity index (χ3n) is 7.30. The second-order valence-corrected chi connectivity index (χ2v) is 9.84. The van der Waals surface area contributed by atoms with Gasteiger partial charge in [0.1, 0.15) is 18.0 Å². The summed E-state index contributed by atoms with van der Waals surface area (Å²) in [5.74, 6) is 0.195. The van der Waals surface area contributed by atoms with Crippen LogP contribution in [-0.4, -0.2) is 75.7 Å². The SMILES string of the molecule is O=C(NC1CCC(NC[C@H]2OC[C@H](Nc3cncc(C(F)(F)F)n3)[C@@H](O)[C@H]2O)CC1)C1CCCC1. The lowest BCUT2D eigenvalue weighted by Gasteiger charge is -2.39. The van der Waals surface area contributed by atoms with Crippen molar-refractivity contribution in [2.24, 2.45) is 5.92 Å². The number of halogens is 3. The molecule has 3 aliphatic rings. The first-order valence-electron chi connectivity index (χ1n) is 12.4. The zero-order valence-corrected chi connectivity index (χ0v) is 19.5. The molecule has 2 saturated carbocycles. The average molecular weight is 502 g/mol.